The lowest BCUT2D eigenvalue weighted by molar-refractivity contribution is -0.138. The minimum absolute atomic E-state index is 0.000576. The number of nitrogens with one attached hydrogen (secondary N) is 1. The average molecular weight is 659 g/mol. The van der Waals surface area contributed by atoms with Crippen molar-refractivity contribution in [2.45, 2.75) is 51.3 Å². The highest BCUT2D eigenvalue weighted by molar-refractivity contribution is 5.96. The third-order valence-corrected chi connectivity index (χ3v) is 8.41. The first-order valence-electron chi connectivity index (χ1n) is 16.4. The summed E-state index contributed by atoms with van der Waals surface area (Å²) in [5.74, 6) is -1.62. The Morgan fingerprint density at radius 3 is 2.19 bits per heavy atom. The van der Waals surface area contributed by atoms with Gasteiger partial charge in [-0.25, -0.2) is 9.78 Å². The van der Waals surface area contributed by atoms with Gasteiger partial charge in [-0.3, -0.25) is 19.3 Å². The Kier molecular flexibility index (Phi) is 11.9. The summed E-state index contributed by atoms with van der Waals surface area (Å²) in [4.78, 5) is 65.4. The van der Waals surface area contributed by atoms with Gasteiger partial charge in [0.1, 0.15) is 17.8 Å². The minimum atomic E-state index is -1.11. The van der Waals surface area contributed by atoms with Gasteiger partial charge in [0.05, 0.1) is 6.61 Å². The number of likely N-dealkylation sites (tertiary alicyclic amines) is 1. The second-order valence-corrected chi connectivity index (χ2v) is 11.8. The molecule has 1 atom stereocenters. The number of carboxylic acids is 1. The summed E-state index contributed by atoms with van der Waals surface area (Å²) in [7, 11) is 0. The summed E-state index contributed by atoms with van der Waals surface area (Å²) >= 11 is 0. The number of piperidine rings is 1. The molecule has 1 aromatic heterocycles. The summed E-state index contributed by atoms with van der Waals surface area (Å²) in [5.41, 5.74) is 1.95. The van der Waals surface area contributed by atoms with Crippen LogP contribution < -0.4 is 10.1 Å². The van der Waals surface area contributed by atoms with Crippen LogP contribution >= 0.6 is 0 Å². The molecule has 0 aliphatic carbocycles. The highest BCUT2D eigenvalue weighted by Crippen LogP contribution is 2.23. The maximum Gasteiger partial charge on any atom is 0.409 e. The van der Waals surface area contributed by atoms with Crippen LogP contribution in [0.5, 0.6) is 5.88 Å². The SMILES string of the molecule is CCOC(=O)N1CCN(C(=O)[C@H](CCC(=O)O)NC(=O)c2cc(OC3CCN(Cc4ccccc4)CC3)nc(-c3ccccc3)n2)CC1. The predicted molar refractivity (Wildman–Crippen MR) is 176 cm³/mol. The van der Waals surface area contributed by atoms with E-state index in [0.29, 0.717) is 11.4 Å². The van der Waals surface area contributed by atoms with Crippen molar-refractivity contribution < 1.29 is 33.8 Å². The van der Waals surface area contributed by atoms with Crippen molar-refractivity contribution in [3.8, 4) is 17.3 Å². The number of carbonyl (C=O) groups excluding carboxylic acids is 3. The highest BCUT2D eigenvalue weighted by atomic mass is 16.6. The van der Waals surface area contributed by atoms with E-state index in [1.807, 2.05) is 48.5 Å². The van der Waals surface area contributed by atoms with Crippen molar-refractivity contribution in [3.05, 3.63) is 78.0 Å². The maximum absolute atomic E-state index is 13.7. The summed E-state index contributed by atoms with van der Waals surface area (Å²) in [6, 6.07) is 19.9. The average Bonchev–Trinajstić information content (AvgIpc) is 3.11. The van der Waals surface area contributed by atoms with Crippen LogP contribution in [0.25, 0.3) is 11.4 Å². The number of piperazine rings is 1. The zero-order chi connectivity index (χ0) is 33.9. The third kappa shape index (κ3) is 9.50. The molecule has 0 bridgehead atoms. The molecule has 254 valence electrons. The fourth-order valence-corrected chi connectivity index (χ4v) is 5.82. The van der Waals surface area contributed by atoms with E-state index in [1.165, 1.54) is 21.4 Å². The molecule has 2 aliphatic rings. The number of hydrogen-bond donors (Lipinski definition) is 2. The number of rotatable bonds is 12. The number of nitrogens with zero attached hydrogens (tertiary/aromatic N) is 5. The van der Waals surface area contributed by atoms with Crippen LogP contribution in [-0.2, 0) is 20.9 Å². The topological polar surface area (TPSA) is 154 Å². The van der Waals surface area contributed by atoms with Crippen LogP contribution in [0.2, 0.25) is 0 Å². The molecule has 0 saturated carbocycles. The Labute approximate surface area is 279 Å². The van der Waals surface area contributed by atoms with Crippen molar-refractivity contribution in [1.82, 2.24) is 30.0 Å². The van der Waals surface area contributed by atoms with Crippen molar-refractivity contribution in [3.63, 3.8) is 0 Å². The van der Waals surface area contributed by atoms with Crippen molar-refractivity contribution in [1.29, 1.82) is 0 Å². The molecule has 3 heterocycles. The molecule has 0 radical (unpaired) electrons. The van der Waals surface area contributed by atoms with E-state index in [4.69, 9.17) is 9.47 Å². The van der Waals surface area contributed by atoms with Gasteiger partial charge >= 0.3 is 12.1 Å². The van der Waals surface area contributed by atoms with E-state index in [0.717, 1.165) is 32.5 Å². The second kappa shape index (κ2) is 16.7. The largest absolute Gasteiger partial charge is 0.481 e. The molecule has 2 saturated heterocycles. The van der Waals surface area contributed by atoms with Gasteiger partial charge in [-0.15, -0.1) is 0 Å². The molecule has 2 aliphatic heterocycles. The molecule has 2 aromatic carbocycles. The molecule has 3 amide bonds. The molecule has 13 heteroatoms. The summed E-state index contributed by atoms with van der Waals surface area (Å²) in [6.45, 7) is 5.53. The Morgan fingerprint density at radius 2 is 1.54 bits per heavy atom. The number of carboxylic acid groups (broad SMARTS) is 1. The van der Waals surface area contributed by atoms with Crippen LogP contribution in [0.15, 0.2) is 66.7 Å². The lowest BCUT2D eigenvalue weighted by Gasteiger charge is -2.35. The summed E-state index contributed by atoms with van der Waals surface area (Å²) in [5, 5.41) is 12.1. The van der Waals surface area contributed by atoms with E-state index in [-0.39, 0.29) is 63.3 Å². The molecule has 13 nitrogen and oxygen atoms in total. The fourth-order valence-electron chi connectivity index (χ4n) is 5.82. The van der Waals surface area contributed by atoms with E-state index < -0.39 is 29.9 Å². The Morgan fingerprint density at radius 1 is 0.896 bits per heavy atom. The lowest BCUT2D eigenvalue weighted by atomic mass is 10.1. The standard InChI is InChI=1S/C35H42N6O7/c1-2-47-35(46)41-21-19-40(20-22-41)34(45)28(13-14-31(42)43)37-33(44)29-23-30(38-32(36-29)26-11-7-4-8-12-26)48-27-15-17-39(18-16-27)24-25-9-5-3-6-10-25/h3-12,23,27-28H,2,13-22,24H2,1H3,(H,37,44)(H,42,43)/t28-/m0/s1. The van der Waals surface area contributed by atoms with E-state index >= 15 is 0 Å². The third-order valence-electron chi connectivity index (χ3n) is 8.41. The minimum Gasteiger partial charge on any atom is -0.481 e. The van der Waals surface area contributed by atoms with Gasteiger partial charge in [0.2, 0.25) is 11.8 Å². The smallest absolute Gasteiger partial charge is 0.409 e. The van der Waals surface area contributed by atoms with Crippen LogP contribution in [0, 0.1) is 0 Å². The number of carbonyl (C=O) groups is 4. The predicted octanol–water partition coefficient (Wildman–Crippen LogP) is 3.45. The quantitative estimate of drug-likeness (QED) is 0.296. The zero-order valence-corrected chi connectivity index (χ0v) is 27.1. The van der Waals surface area contributed by atoms with Crippen molar-refractivity contribution in [2.75, 3.05) is 45.9 Å². The molecule has 0 spiro atoms. The highest BCUT2D eigenvalue weighted by Gasteiger charge is 2.31. The number of amides is 3. The van der Waals surface area contributed by atoms with E-state index in [2.05, 4.69) is 32.3 Å². The first-order valence-corrected chi connectivity index (χ1v) is 16.4. The molecule has 3 aromatic rings. The second-order valence-electron chi connectivity index (χ2n) is 11.8. The van der Waals surface area contributed by atoms with Gasteiger partial charge in [-0.2, -0.15) is 4.98 Å². The van der Waals surface area contributed by atoms with Crippen molar-refractivity contribution in [2.24, 2.45) is 0 Å². The molecule has 0 unspecified atom stereocenters. The molecular formula is C35H42N6O7. The molecule has 2 N–H and O–H groups in total. The Hall–Kier alpha value is -5.04. The monoisotopic (exact) mass is 658 g/mol. The maximum atomic E-state index is 13.7. The molecule has 2 fully saturated rings. The first kappa shape index (κ1) is 34.3. The fraction of sp³-hybridized carbons (Fsp3) is 0.429. The Bertz CT molecular complexity index is 1540. The number of ether oxygens (including phenoxy) is 2. The Balaban J connectivity index is 1.29. The van der Waals surface area contributed by atoms with Crippen LogP contribution in [0.3, 0.4) is 0 Å². The number of hydrogen-bond acceptors (Lipinski definition) is 9. The summed E-state index contributed by atoms with van der Waals surface area (Å²) in [6.07, 6.45) is 0.580. The normalized spacial score (nSPS) is 16.2. The summed E-state index contributed by atoms with van der Waals surface area (Å²) < 4.78 is 11.4. The van der Waals surface area contributed by atoms with Crippen LogP contribution in [-0.4, -0.2) is 112 Å². The van der Waals surface area contributed by atoms with Gasteiger partial charge in [0.25, 0.3) is 5.91 Å². The van der Waals surface area contributed by atoms with Gasteiger partial charge in [0.15, 0.2) is 5.82 Å². The van der Waals surface area contributed by atoms with E-state index in [9.17, 15) is 24.3 Å². The lowest BCUT2D eigenvalue weighted by Crippen LogP contribution is -2.56. The molecule has 48 heavy (non-hydrogen) atoms. The number of aromatic nitrogens is 2. The van der Waals surface area contributed by atoms with Gasteiger partial charge in [-0.05, 0) is 31.7 Å². The first-order chi connectivity index (χ1) is 23.3. The van der Waals surface area contributed by atoms with Gasteiger partial charge in [0, 0.05) is 63.9 Å². The van der Waals surface area contributed by atoms with Crippen LogP contribution in [0.1, 0.15) is 48.7 Å². The number of aliphatic carboxylic acids is 1. The molecular weight excluding hydrogens is 616 g/mol. The molecule has 5 rings (SSSR count). The number of benzene rings is 2. The van der Waals surface area contributed by atoms with Crippen LogP contribution in [0.4, 0.5) is 4.79 Å². The van der Waals surface area contributed by atoms with Crippen molar-refractivity contribution >= 4 is 23.9 Å². The van der Waals surface area contributed by atoms with E-state index in [1.54, 1.807) is 6.92 Å². The zero-order valence-electron chi connectivity index (χ0n) is 27.1. The van der Waals surface area contributed by atoms with Gasteiger partial charge in [-0.1, -0.05) is 60.7 Å². The van der Waals surface area contributed by atoms with Gasteiger partial charge < -0.3 is 29.7 Å².